The molecule has 10 heteroatoms. The zero-order valence-corrected chi connectivity index (χ0v) is 23.2. The number of carbonyl (C=O) groups excluding carboxylic acids is 5. The molecule has 2 fully saturated rings. The SMILES string of the molecule is CCC(=O)NCC(NC(=O)C(C)CC(=O)CN1CCOCC1)C(=O)CC(Cc1ccccc1)C(=O)C1(C)CO1. The maximum absolute atomic E-state index is 13.5. The normalized spacial score (nSPS) is 21.3. The smallest absolute Gasteiger partial charge is 0.223 e. The largest absolute Gasteiger partial charge is 0.379 e. The van der Waals surface area contributed by atoms with Crippen molar-refractivity contribution in [2.24, 2.45) is 11.8 Å². The summed E-state index contributed by atoms with van der Waals surface area (Å²) in [6, 6.07) is 8.40. The van der Waals surface area contributed by atoms with Gasteiger partial charge in [-0.25, -0.2) is 0 Å². The molecule has 1 aromatic rings. The molecule has 214 valence electrons. The summed E-state index contributed by atoms with van der Waals surface area (Å²) in [5.74, 6) is -2.57. The van der Waals surface area contributed by atoms with Crippen LogP contribution in [0.4, 0.5) is 0 Å². The molecule has 2 N–H and O–H groups in total. The van der Waals surface area contributed by atoms with Crippen LogP contribution in [0.5, 0.6) is 0 Å². The van der Waals surface area contributed by atoms with Crippen molar-refractivity contribution in [1.82, 2.24) is 15.5 Å². The van der Waals surface area contributed by atoms with Gasteiger partial charge in [-0.2, -0.15) is 0 Å². The molecule has 39 heavy (non-hydrogen) atoms. The molecule has 3 rings (SSSR count). The predicted molar refractivity (Wildman–Crippen MR) is 144 cm³/mol. The van der Waals surface area contributed by atoms with Crippen LogP contribution in [0.2, 0.25) is 0 Å². The van der Waals surface area contributed by atoms with Crippen LogP contribution in [0.25, 0.3) is 0 Å². The summed E-state index contributed by atoms with van der Waals surface area (Å²) in [6.07, 6.45) is 0.519. The van der Waals surface area contributed by atoms with Gasteiger partial charge in [0.05, 0.1) is 26.4 Å². The van der Waals surface area contributed by atoms with Gasteiger partial charge in [-0.15, -0.1) is 0 Å². The lowest BCUT2D eigenvalue weighted by molar-refractivity contribution is -0.134. The molecule has 0 saturated carbocycles. The molecule has 0 aliphatic carbocycles. The molecule has 2 saturated heterocycles. The number of ether oxygens (including phenoxy) is 2. The van der Waals surface area contributed by atoms with E-state index >= 15 is 0 Å². The minimum absolute atomic E-state index is 0.0379. The number of epoxide rings is 1. The van der Waals surface area contributed by atoms with Crippen molar-refractivity contribution >= 4 is 29.2 Å². The van der Waals surface area contributed by atoms with E-state index in [9.17, 15) is 24.0 Å². The summed E-state index contributed by atoms with van der Waals surface area (Å²) in [4.78, 5) is 66.3. The van der Waals surface area contributed by atoms with Crippen LogP contribution < -0.4 is 10.6 Å². The number of benzene rings is 1. The lowest BCUT2D eigenvalue weighted by Crippen LogP contribution is -2.51. The number of nitrogens with zero attached hydrogens (tertiary/aromatic N) is 1. The third-order valence-corrected chi connectivity index (χ3v) is 7.26. The number of morpholine rings is 1. The number of hydrogen-bond acceptors (Lipinski definition) is 8. The number of rotatable bonds is 16. The van der Waals surface area contributed by atoms with Crippen LogP contribution in [0.15, 0.2) is 30.3 Å². The van der Waals surface area contributed by atoms with Crippen LogP contribution in [0, 0.1) is 11.8 Å². The van der Waals surface area contributed by atoms with Crippen molar-refractivity contribution in [3.63, 3.8) is 0 Å². The van der Waals surface area contributed by atoms with Gasteiger partial charge >= 0.3 is 0 Å². The summed E-state index contributed by atoms with van der Waals surface area (Å²) in [5, 5.41) is 5.41. The Morgan fingerprint density at radius 2 is 1.72 bits per heavy atom. The molecule has 4 atom stereocenters. The Labute approximate surface area is 230 Å². The third-order valence-electron chi connectivity index (χ3n) is 7.26. The lowest BCUT2D eigenvalue weighted by Gasteiger charge is -2.26. The average Bonchev–Trinajstić information content (AvgIpc) is 3.69. The minimum Gasteiger partial charge on any atom is -0.379 e. The van der Waals surface area contributed by atoms with Gasteiger partial charge in [-0.1, -0.05) is 44.2 Å². The average molecular weight is 544 g/mol. The van der Waals surface area contributed by atoms with Gasteiger partial charge in [0.25, 0.3) is 0 Å². The minimum atomic E-state index is -1.02. The van der Waals surface area contributed by atoms with Gasteiger partial charge in [0.1, 0.15) is 17.4 Å². The number of carbonyl (C=O) groups is 5. The molecule has 0 spiro atoms. The summed E-state index contributed by atoms with van der Waals surface area (Å²) >= 11 is 0. The molecule has 0 radical (unpaired) electrons. The molecule has 0 aromatic heterocycles. The standard InChI is InChI=1S/C29H41N3O7/c1-4-26(35)30-17-24(31-28(37)20(2)14-23(33)18-32-10-12-38-13-11-32)25(34)16-22(27(36)29(3)19-39-29)15-21-8-6-5-7-9-21/h5-9,20,22,24H,4,10-19H2,1-3H3,(H,30,35)(H,31,37). The first kappa shape index (κ1) is 30.6. The number of ketones is 3. The first-order chi connectivity index (χ1) is 18.6. The third kappa shape index (κ3) is 9.63. The fraction of sp³-hybridized carbons (Fsp3) is 0.621. The fourth-order valence-electron chi connectivity index (χ4n) is 4.63. The quantitative estimate of drug-likeness (QED) is 0.296. The number of nitrogens with one attached hydrogen (secondary N) is 2. The lowest BCUT2D eigenvalue weighted by atomic mass is 9.84. The molecule has 2 heterocycles. The van der Waals surface area contributed by atoms with E-state index in [4.69, 9.17) is 9.47 Å². The van der Waals surface area contributed by atoms with E-state index in [1.165, 1.54) is 0 Å². The monoisotopic (exact) mass is 543 g/mol. The second-order valence-electron chi connectivity index (χ2n) is 10.7. The van der Waals surface area contributed by atoms with E-state index in [1.807, 2.05) is 35.2 Å². The van der Waals surface area contributed by atoms with Crippen molar-refractivity contribution in [3.05, 3.63) is 35.9 Å². The Balaban J connectivity index is 1.65. The van der Waals surface area contributed by atoms with Gasteiger partial charge < -0.3 is 20.1 Å². The molecule has 2 amide bonds. The maximum atomic E-state index is 13.5. The molecule has 4 unspecified atom stereocenters. The Kier molecular flexibility index (Phi) is 11.3. The van der Waals surface area contributed by atoms with Crippen LogP contribution in [0.3, 0.4) is 0 Å². The van der Waals surface area contributed by atoms with Crippen molar-refractivity contribution in [1.29, 1.82) is 0 Å². The summed E-state index contributed by atoms with van der Waals surface area (Å²) < 4.78 is 10.7. The van der Waals surface area contributed by atoms with Crippen LogP contribution in [-0.4, -0.2) is 91.7 Å². The van der Waals surface area contributed by atoms with E-state index < -0.39 is 29.4 Å². The van der Waals surface area contributed by atoms with E-state index in [0.717, 1.165) is 5.56 Å². The fourth-order valence-corrected chi connectivity index (χ4v) is 4.63. The number of Topliss-reactive ketones (excluding diaryl/α,β-unsaturated/α-hetero) is 3. The van der Waals surface area contributed by atoms with Crippen LogP contribution in [-0.2, 0) is 39.9 Å². The Hall–Kier alpha value is -2.95. The van der Waals surface area contributed by atoms with E-state index in [0.29, 0.717) is 39.3 Å². The second kappa shape index (κ2) is 14.4. The summed E-state index contributed by atoms with van der Waals surface area (Å²) in [7, 11) is 0. The maximum Gasteiger partial charge on any atom is 0.223 e. The molecule has 2 aliphatic rings. The van der Waals surface area contributed by atoms with Crippen molar-refractivity contribution in [2.75, 3.05) is 46.0 Å². The molecular weight excluding hydrogens is 502 g/mol. The predicted octanol–water partition coefficient (Wildman–Crippen LogP) is 1.10. The molecule has 10 nitrogen and oxygen atoms in total. The number of amides is 2. The van der Waals surface area contributed by atoms with Gasteiger partial charge in [0.2, 0.25) is 11.8 Å². The van der Waals surface area contributed by atoms with Crippen molar-refractivity contribution in [2.45, 2.75) is 58.1 Å². The van der Waals surface area contributed by atoms with E-state index in [-0.39, 0.29) is 55.6 Å². The summed E-state index contributed by atoms with van der Waals surface area (Å²) in [6.45, 7) is 8.03. The van der Waals surface area contributed by atoms with Gasteiger partial charge in [-0.05, 0) is 18.9 Å². The zero-order chi connectivity index (χ0) is 28.4. The Morgan fingerprint density at radius 1 is 1.05 bits per heavy atom. The zero-order valence-electron chi connectivity index (χ0n) is 23.2. The van der Waals surface area contributed by atoms with Gasteiger partial charge in [-0.3, -0.25) is 28.9 Å². The highest BCUT2D eigenvalue weighted by atomic mass is 16.6. The van der Waals surface area contributed by atoms with Crippen LogP contribution >= 0.6 is 0 Å². The highest BCUT2D eigenvalue weighted by molar-refractivity contribution is 5.97. The molecule has 2 aliphatic heterocycles. The van der Waals surface area contributed by atoms with Gasteiger partial charge in [0.15, 0.2) is 11.6 Å². The first-order valence-corrected chi connectivity index (χ1v) is 13.7. The Morgan fingerprint density at radius 3 is 2.33 bits per heavy atom. The topological polar surface area (TPSA) is 134 Å². The van der Waals surface area contributed by atoms with E-state index in [1.54, 1.807) is 20.8 Å². The molecule has 1 aromatic carbocycles. The van der Waals surface area contributed by atoms with Crippen molar-refractivity contribution < 1.29 is 33.4 Å². The molecule has 0 bridgehead atoms. The second-order valence-corrected chi connectivity index (χ2v) is 10.7. The van der Waals surface area contributed by atoms with Gasteiger partial charge in [0, 0.05) is 50.7 Å². The highest BCUT2D eigenvalue weighted by Gasteiger charge is 2.50. The Bertz CT molecular complexity index is 1020. The molecular formula is C29H41N3O7. The van der Waals surface area contributed by atoms with E-state index in [2.05, 4.69) is 10.6 Å². The first-order valence-electron chi connectivity index (χ1n) is 13.7. The summed E-state index contributed by atoms with van der Waals surface area (Å²) in [5.41, 5.74) is 0.0183. The number of hydrogen-bond donors (Lipinski definition) is 2. The highest BCUT2D eigenvalue weighted by Crippen LogP contribution is 2.32. The van der Waals surface area contributed by atoms with Crippen LogP contribution in [0.1, 0.15) is 45.6 Å². The van der Waals surface area contributed by atoms with Crippen molar-refractivity contribution in [3.8, 4) is 0 Å².